The van der Waals surface area contributed by atoms with E-state index in [0.717, 1.165) is 26.1 Å². The van der Waals surface area contributed by atoms with Crippen LogP contribution >= 0.6 is 0 Å². The SMILES string of the molecule is O=C(O)c1cncc(OCC2CCOCC2)n1. The molecule has 1 aliphatic rings. The number of nitrogens with zero attached hydrogens (tertiary/aromatic N) is 2. The predicted octanol–water partition coefficient (Wildman–Crippen LogP) is 0.980. The lowest BCUT2D eigenvalue weighted by Crippen LogP contribution is -2.21. The van der Waals surface area contributed by atoms with E-state index in [1.807, 2.05) is 0 Å². The molecule has 0 bridgehead atoms. The van der Waals surface area contributed by atoms with E-state index in [0.29, 0.717) is 12.5 Å². The highest BCUT2D eigenvalue weighted by atomic mass is 16.5. The van der Waals surface area contributed by atoms with Crippen molar-refractivity contribution >= 4 is 5.97 Å². The number of hydrogen-bond donors (Lipinski definition) is 1. The molecule has 1 aromatic heterocycles. The van der Waals surface area contributed by atoms with Crippen LogP contribution in [0.3, 0.4) is 0 Å². The third kappa shape index (κ3) is 3.39. The lowest BCUT2D eigenvalue weighted by Gasteiger charge is -2.21. The van der Waals surface area contributed by atoms with E-state index in [9.17, 15) is 4.79 Å². The molecule has 1 aromatic rings. The minimum Gasteiger partial charge on any atom is -0.476 e. The number of carbonyl (C=O) groups is 1. The zero-order chi connectivity index (χ0) is 12.1. The van der Waals surface area contributed by atoms with Crippen LogP contribution in [-0.2, 0) is 4.74 Å². The van der Waals surface area contributed by atoms with Gasteiger partial charge in [-0.1, -0.05) is 0 Å². The number of carboxylic acid groups (broad SMARTS) is 1. The molecule has 17 heavy (non-hydrogen) atoms. The third-order valence-electron chi connectivity index (χ3n) is 2.64. The lowest BCUT2D eigenvalue weighted by atomic mass is 10.0. The van der Waals surface area contributed by atoms with E-state index in [-0.39, 0.29) is 11.6 Å². The van der Waals surface area contributed by atoms with Gasteiger partial charge in [-0.15, -0.1) is 0 Å². The molecule has 6 heteroatoms. The monoisotopic (exact) mass is 238 g/mol. The zero-order valence-electron chi connectivity index (χ0n) is 9.33. The molecular formula is C11H14N2O4. The van der Waals surface area contributed by atoms with Gasteiger partial charge in [-0.2, -0.15) is 0 Å². The Morgan fingerprint density at radius 3 is 2.94 bits per heavy atom. The Balaban J connectivity index is 1.89. The zero-order valence-corrected chi connectivity index (χ0v) is 9.33. The van der Waals surface area contributed by atoms with E-state index in [1.54, 1.807) is 0 Å². The Kier molecular flexibility index (Phi) is 3.87. The molecule has 0 unspecified atom stereocenters. The number of aromatic carboxylic acids is 1. The summed E-state index contributed by atoms with van der Waals surface area (Å²) in [7, 11) is 0. The molecule has 0 aliphatic carbocycles. The second-order valence-corrected chi connectivity index (χ2v) is 3.91. The van der Waals surface area contributed by atoms with Crippen LogP contribution in [0, 0.1) is 5.92 Å². The summed E-state index contributed by atoms with van der Waals surface area (Å²) >= 11 is 0. The molecule has 0 aromatic carbocycles. The molecule has 0 amide bonds. The fourth-order valence-electron chi connectivity index (χ4n) is 1.64. The first-order valence-electron chi connectivity index (χ1n) is 5.51. The van der Waals surface area contributed by atoms with Crippen LogP contribution in [0.15, 0.2) is 12.4 Å². The maximum absolute atomic E-state index is 10.7. The quantitative estimate of drug-likeness (QED) is 0.842. The van der Waals surface area contributed by atoms with E-state index in [4.69, 9.17) is 14.6 Å². The summed E-state index contributed by atoms with van der Waals surface area (Å²) in [4.78, 5) is 18.3. The van der Waals surface area contributed by atoms with Gasteiger partial charge in [0, 0.05) is 13.2 Å². The van der Waals surface area contributed by atoms with Gasteiger partial charge in [-0.25, -0.2) is 9.78 Å². The molecule has 0 spiro atoms. The smallest absolute Gasteiger partial charge is 0.356 e. The molecule has 0 atom stereocenters. The van der Waals surface area contributed by atoms with Gasteiger partial charge >= 0.3 is 5.97 Å². The Morgan fingerprint density at radius 2 is 2.24 bits per heavy atom. The second-order valence-electron chi connectivity index (χ2n) is 3.91. The van der Waals surface area contributed by atoms with Gasteiger partial charge in [0.25, 0.3) is 0 Å². The van der Waals surface area contributed by atoms with E-state index in [1.165, 1.54) is 12.4 Å². The van der Waals surface area contributed by atoms with Crippen molar-refractivity contribution in [3.63, 3.8) is 0 Å². The summed E-state index contributed by atoms with van der Waals surface area (Å²) in [5.74, 6) is -0.399. The first-order chi connectivity index (χ1) is 8.25. The average molecular weight is 238 g/mol. The van der Waals surface area contributed by atoms with Crippen LogP contribution in [0.5, 0.6) is 5.88 Å². The van der Waals surface area contributed by atoms with Crippen LogP contribution in [0.25, 0.3) is 0 Å². The summed E-state index contributed by atoms with van der Waals surface area (Å²) in [6.45, 7) is 2.05. The van der Waals surface area contributed by atoms with Gasteiger partial charge in [0.2, 0.25) is 5.88 Å². The molecule has 2 heterocycles. The molecule has 6 nitrogen and oxygen atoms in total. The van der Waals surface area contributed by atoms with Crippen molar-refractivity contribution in [1.29, 1.82) is 0 Å². The summed E-state index contributed by atoms with van der Waals surface area (Å²) in [6.07, 6.45) is 4.55. The second kappa shape index (κ2) is 5.58. The normalized spacial score (nSPS) is 16.7. The van der Waals surface area contributed by atoms with Crippen LogP contribution in [-0.4, -0.2) is 40.9 Å². The largest absolute Gasteiger partial charge is 0.476 e. The van der Waals surface area contributed by atoms with Crippen molar-refractivity contribution in [1.82, 2.24) is 9.97 Å². The average Bonchev–Trinajstić information content (AvgIpc) is 2.38. The fraction of sp³-hybridized carbons (Fsp3) is 0.545. The Bertz CT molecular complexity index is 391. The molecule has 0 saturated carbocycles. The number of aromatic nitrogens is 2. The predicted molar refractivity (Wildman–Crippen MR) is 58.0 cm³/mol. The minimum atomic E-state index is -1.10. The number of ether oxygens (including phenoxy) is 2. The maximum atomic E-state index is 10.7. The molecule has 1 saturated heterocycles. The van der Waals surface area contributed by atoms with E-state index < -0.39 is 5.97 Å². The summed E-state index contributed by atoms with van der Waals surface area (Å²) in [6, 6.07) is 0. The van der Waals surface area contributed by atoms with Crippen molar-refractivity contribution < 1.29 is 19.4 Å². The fourth-order valence-corrected chi connectivity index (χ4v) is 1.64. The highest BCUT2D eigenvalue weighted by Gasteiger charge is 2.15. The van der Waals surface area contributed by atoms with Gasteiger partial charge in [0.15, 0.2) is 5.69 Å². The van der Waals surface area contributed by atoms with Gasteiger partial charge in [0.1, 0.15) is 0 Å². The first kappa shape index (κ1) is 11.8. The highest BCUT2D eigenvalue weighted by molar-refractivity contribution is 5.84. The van der Waals surface area contributed by atoms with Crippen LogP contribution < -0.4 is 4.74 Å². The lowest BCUT2D eigenvalue weighted by molar-refractivity contribution is 0.0488. The Labute approximate surface area is 98.6 Å². The standard InChI is InChI=1S/C11H14N2O4/c14-11(15)9-5-12-6-10(13-9)17-7-8-1-3-16-4-2-8/h5-6,8H,1-4,7H2,(H,14,15). The molecule has 92 valence electrons. The molecule has 0 radical (unpaired) electrons. The van der Waals surface area contributed by atoms with Gasteiger partial charge in [0.05, 0.1) is 19.0 Å². The van der Waals surface area contributed by atoms with Gasteiger partial charge < -0.3 is 14.6 Å². The van der Waals surface area contributed by atoms with Crippen molar-refractivity contribution in [3.8, 4) is 5.88 Å². The molecule has 1 N–H and O–H groups in total. The summed E-state index contributed by atoms with van der Waals surface area (Å²) in [5, 5.41) is 8.75. The Hall–Kier alpha value is -1.69. The first-order valence-corrected chi connectivity index (χ1v) is 5.51. The van der Waals surface area contributed by atoms with Gasteiger partial charge in [-0.3, -0.25) is 4.98 Å². The molecule has 1 fully saturated rings. The Morgan fingerprint density at radius 1 is 1.47 bits per heavy atom. The number of carboxylic acids is 1. The van der Waals surface area contributed by atoms with Crippen LogP contribution in [0.2, 0.25) is 0 Å². The maximum Gasteiger partial charge on any atom is 0.356 e. The van der Waals surface area contributed by atoms with Crippen molar-refractivity contribution in [2.75, 3.05) is 19.8 Å². The number of hydrogen-bond acceptors (Lipinski definition) is 5. The van der Waals surface area contributed by atoms with Crippen molar-refractivity contribution in [2.24, 2.45) is 5.92 Å². The van der Waals surface area contributed by atoms with E-state index in [2.05, 4.69) is 9.97 Å². The van der Waals surface area contributed by atoms with Crippen LogP contribution in [0.1, 0.15) is 23.3 Å². The summed E-state index contributed by atoms with van der Waals surface area (Å²) in [5.41, 5.74) is -0.102. The van der Waals surface area contributed by atoms with Crippen molar-refractivity contribution in [3.05, 3.63) is 18.1 Å². The minimum absolute atomic E-state index is 0.102. The van der Waals surface area contributed by atoms with Crippen LogP contribution in [0.4, 0.5) is 0 Å². The van der Waals surface area contributed by atoms with E-state index >= 15 is 0 Å². The number of rotatable bonds is 4. The third-order valence-corrected chi connectivity index (χ3v) is 2.64. The topological polar surface area (TPSA) is 81.5 Å². The van der Waals surface area contributed by atoms with Gasteiger partial charge in [-0.05, 0) is 18.8 Å². The van der Waals surface area contributed by atoms with Crippen molar-refractivity contribution in [2.45, 2.75) is 12.8 Å². The molecule has 2 rings (SSSR count). The molecular weight excluding hydrogens is 224 g/mol. The highest BCUT2D eigenvalue weighted by Crippen LogP contribution is 2.16. The summed E-state index contributed by atoms with van der Waals surface area (Å²) < 4.78 is 10.7. The molecule has 1 aliphatic heterocycles.